The third-order valence-corrected chi connectivity index (χ3v) is 6.71. The number of sulfone groups is 1. The zero-order valence-electron chi connectivity index (χ0n) is 16.0. The van der Waals surface area contributed by atoms with Crippen LogP contribution in [0.1, 0.15) is 50.4 Å². The topological polar surface area (TPSA) is 89.5 Å². The largest absolute Gasteiger partial charge is 0.449 e. The van der Waals surface area contributed by atoms with E-state index < -0.39 is 21.9 Å². The van der Waals surface area contributed by atoms with E-state index in [2.05, 4.69) is 19.2 Å². The molecule has 1 saturated carbocycles. The summed E-state index contributed by atoms with van der Waals surface area (Å²) in [5.41, 5.74) is -0.0844. The summed E-state index contributed by atoms with van der Waals surface area (Å²) in [6.07, 6.45) is 3.12. The quantitative estimate of drug-likeness (QED) is 0.745. The van der Waals surface area contributed by atoms with Crippen molar-refractivity contribution in [1.82, 2.24) is 5.32 Å². The van der Waals surface area contributed by atoms with E-state index in [0.29, 0.717) is 11.8 Å². The molecule has 1 amide bonds. The van der Waals surface area contributed by atoms with Crippen molar-refractivity contribution >= 4 is 33.3 Å². The van der Waals surface area contributed by atoms with E-state index >= 15 is 0 Å². The number of nitrogens with one attached hydrogen (secondary N) is 1. The van der Waals surface area contributed by atoms with Crippen LogP contribution in [0.15, 0.2) is 23.1 Å². The average molecular weight is 416 g/mol. The second-order valence-electron chi connectivity index (χ2n) is 7.34. The minimum absolute atomic E-state index is 0.0408. The van der Waals surface area contributed by atoms with Gasteiger partial charge in [-0.15, -0.1) is 0 Å². The molecule has 1 aliphatic carbocycles. The predicted octanol–water partition coefficient (Wildman–Crippen LogP) is 3.23. The Morgan fingerprint density at radius 2 is 1.93 bits per heavy atom. The molecule has 6 nitrogen and oxygen atoms in total. The highest BCUT2D eigenvalue weighted by atomic mass is 35.5. The van der Waals surface area contributed by atoms with Gasteiger partial charge in [-0.25, -0.2) is 13.2 Å². The van der Waals surface area contributed by atoms with Crippen LogP contribution in [0, 0.1) is 11.8 Å². The van der Waals surface area contributed by atoms with Gasteiger partial charge >= 0.3 is 5.97 Å². The van der Waals surface area contributed by atoms with Gasteiger partial charge in [0.1, 0.15) is 0 Å². The number of carbonyl (C=O) groups excluding carboxylic acids is 2. The van der Waals surface area contributed by atoms with E-state index in [1.807, 2.05) is 0 Å². The maximum atomic E-state index is 12.4. The lowest BCUT2D eigenvalue weighted by Gasteiger charge is -2.35. The Morgan fingerprint density at radius 3 is 2.56 bits per heavy atom. The number of hydrogen-bond donors (Lipinski definition) is 1. The maximum Gasteiger partial charge on any atom is 0.340 e. The highest BCUT2D eigenvalue weighted by molar-refractivity contribution is 7.90. The maximum absolute atomic E-state index is 12.4. The monoisotopic (exact) mass is 415 g/mol. The molecule has 4 atom stereocenters. The van der Waals surface area contributed by atoms with Crippen molar-refractivity contribution < 1.29 is 22.7 Å². The predicted molar refractivity (Wildman–Crippen MR) is 104 cm³/mol. The Bertz CT molecular complexity index is 823. The zero-order valence-corrected chi connectivity index (χ0v) is 17.6. The summed E-state index contributed by atoms with van der Waals surface area (Å²) >= 11 is 6.00. The molecule has 8 heteroatoms. The van der Waals surface area contributed by atoms with E-state index in [1.54, 1.807) is 0 Å². The molecular weight excluding hydrogens is 390 g/mol. The average Bonchev–Trinajstić information content (AvgIpc) is 2.58. The number of rotatable bonds is 5. The van der Waals surface area contributed by atoms with Gasteiger partial charge in [0.15, 0.2) is 15.9 Å². The van der Waals surface area contributed by atoms with E-state index in [0.717, 1.165) is 31.6 Å². The highest BCUT2D eigenvalue weighted by Gasteiger charge is 2.30. The minimum Gasteiger partial charge on any atom is -0.449 e. The van der Waals surface area contributed by atoms with Crippen LogP contribution in [-0.2, 0) is 19.4 Å². The van der Waals surface area contributed by atoms with Crippen LogP contribution in [0.3, 0.4) is 0 Å². The SMILES string of the molecule is C[C@H]1[C@@H](NC(=O)[C@@H](C)OC(=O)c2cc(S(C)(=O)=O)ccc2Cl)CCC[C@@H]1C. The van der Waals surface area contributed by atoms with Gasteiger partial charge in [-0.3, -0.25) is 4.79 Å². The van der Waals surface area contributed by atoms with Gasteiger partial charge in [-0.2, -0.15) is 0 Å². The number of halogens is 1. The fraction of sp³-hybridized carbons (Fsp3) is 0.579. The molecule has 0 heterocycles. The lowest BCUT2D eigenvalue weighted by Crippen LogP contribution is -2.47. The Hall–Kier alpha value is -1.60. The molecule has 0 aromatic heterocycles. The molecule has 1 aromatic carbocycles. The van der Waals surface area contributed by atoms with Crippen molar-refractivity contribution in [3.63, 3.8) is 0 Å². The molecule has 0 unspecified atom stereocenters. The first-order valence-electron chi connectivity index (χ1n) is 9.01. The molecule has 1 N–H and O–H groups in total. The van der Waals surface area contributed by atoms with E-state index in [-0.39, 0.29) is 27.4 Å². The lowest BCUT2D eigenvalue weighted by atomic mass is 9.78. The van der Waals surface area contributed by atoms with E-state index in [9.17, 15) is 18.0 Å². The summed E-state index contributed by atoms with van der Waals surface area (Å²) in [4.78, 5) is 24.8. The van der Waals surface area contributed by atoms with Crippen molar-refractivity contribution in [2.24, 2.45) is 11.8 Å². The second kappa shape index (κ2) is 8.61. The molecule has 1 fully saturated rings. The van der Waals surface area contributed by atoms with Crippen LogP contribution in [0.4, 0.5) is 0 Å². The van der Waals surface area contributed by atoms with Crippen LogP contribution in [0.5, 0.6) is 0 Å². The van der Waals surface area contributed by atoms with Gasteiger partial charge in [0, 0.05) is 12.3 Å². The van der Waals surface area contributed by atoms with Crippen molar-refractivity contribution in [1.29, 1.82) is 0 Å². The standard InChI is InChI=1S/C19H26ClNO5S/c1-11-6-5-7-17(12(11)2)21-18(22)13(3)26-19(23)15-10-14(27(4,24)25)8-9-16(15)20/h8-13,17H,5-7H2,1-4H3,(H,21,22)/t11-,12+,13+,17-/m0/s1. The van der Waals surface area contributed by atoms with Crippen molar-refractivity contribution in [3.05, 3.63) is 28.8 Å². The Labute approximate surface area is 165 Å². The second-order valence-corrected chi connectivity index (χ2v) is 9.77. The van der Waals surface area contributed by atoms with Gasteiger partial charge < -0.3 is 10.1 Å². The van der Waals surface area contributed by atoms with Crippen molar-refractivity contribution in [2.45, 2.75) is 57.1 Å². The number of hydrogen-bond acceptors (Lipinski definition) is 5. The normalized spacial score (nSPS) is 24.1. The Balaban J connectivity index is 2.06. The summed E-state index contributed by atoms with van der Waals surface area (Å²) in [5.74, 6) is -0.325. The molecule has 0 spiro atoms. The van der Waals surface area contributed by atoms with E-state index in [1.165, 1.54) is 19.1 Å². The van der Waals surface area contributed by atoms with Gasteiger partial charge in [0.2, 0.25) is 0 Å². The summed E-state index contributed by atoms with van der Waals surface area (Å²) in [6, 6.07) is 3.86. The summed E-state index contributed by atoms with van der Waals surface area (Å²) in [6.45, 7) is 5.77. The fourth-order valence-electron chi connectivity index (χ4n) is 3.25. The third-order valence-electron chi connectivity index (χ3n) is 5.27. The highest BCUT2D eigenvalue weighted by Crippen LogP contribution is 2.29. The molecule has 0 radical (unpaired) electrons. The number of benzene rings is 1. The lowest BCUT2D eigenvalue weighted by molar-refractivity contribution is -0.130. The molecule has 0 aliphatic heterocycles. The third kappa shape index (κ3) is 5.45. The van der Waals surface area contributed by atoms with Crippen LogP contribution in [0.25, 0.3) is 0 Å². The number of carbonyl (C=O) groups is 2. The molecule has 1 aromatic rings. The van der Waals surface area contributed by atoms with Crippen LogP contribution in [-0.4, -0.2) is 38.7 Å². The number of ether oxygens (including phenoxy) is 1. The summed E-state index contributed by atoms with van der Waals surface area (Å²) in [7, 11) is -3.50. The summed E-state index contributed by atoms with van der Waals surface area (Å²) in [5, 5.41) is 3.03. The van der Waals surface area contributed by atoms with Crippen LogP contribution in [0.2, 0.25) is 5.02 Å². The molecule has 150 valence electrons. The molecular formula is C19H26ClNO5S. The van der Waals surface area contributed by atoms with Crippen LogP contribution < -0.4 is 5.32 Å². The first kappa shape index (κ1) is 21.7. The van der Waals surface area contributed by atoms with Gasteiger partial charge in [0.25, 0.3) is 5.91 Å². The van der Waals surface area contributed by atoms with E-state index in [4.69, 9.17) is 16.3 Å². The van der Waals surface area contributed by atoms with Crippen molar-refractivity contribution in [2.75, 3.05) is 6.26 Å². The molecule has 0 bridgehead atoms. The number of amides is 1. The fourth-order valence-corrected chi connectivity index (χ4v) is 4.10. The smallest absolute Gasteiger partial charge is 0.340 e. The van der Waals surface area contributed by atoms with Crippen LogP contribution >= 0.6 is 11.6 Å². The molecule has 2 rings (SSSR count). The van der Waals surface area contributed by atoms with Gasteiger partial charge in [-0.1, -0.05) is 38.3 Å². The minimum atomic E-state index is -3.50. The zero-order chi connectivity index (χ0) is 20.4. The molecule has 0 saturated heterocycles. The van der Waals surface area contributed by atoms with Gasteiger partial charge in [-0.05, 0) is 43.4 Å². The van der Waals surface area contributed by atoms with Crippen molar-refractivity contribution in [3.8, 4) is 0 Å². The molecule has 1 aliphatic rings. The first-order valence-corrected chi connectivity index (χ1v) is 11.3. The summed E-state index contributed by atoms with van der Waals surface area (Å²) < 4.78 is 28.6. The first-order chi connectivity index (χ1) is 12.5. The molecule has 27 heavy (non-hydrogen) atoms. The van der Waals surface area contributed by atoms with Gasteiger partial charge in [0.05, 0.1) is 15.5 Å². The number of esters is 1. The Kier molecular flexibility index (Phi) is 6.92. The Morgan fingerprint density at radius 1 is 1.26 bits per heavy atom.